The van der Waals surface area contributed by atoms with Gasteiger partial charge in [0.1, 0.15) is 5.82 Å². The van der Waals surface area contributed by atoms with Gasteiger partial charge in [0.25, 0.3) is 0 Å². The van der Waals surface area contributed by atoms with E-state index >= 15 is 0 Å². The highest BCUT2D eigenvalue weighted by molar-refractivity contribution is 6.01. The van der Waals surface area contributed by atoms with Crippen LogP contribution in [0.4, 0.5) is 4.39 Å². The number of nitrogens with one attached hydrogen (secondary N) is 1. The summed E-state index contributed by atoms with van der Waals surface area (Å²) < 4.78 is 13.6. The van der Waals surface area contributed by atoms with Gasteiger partial charge in [-0.05, 0) is 18.6 Å². The van der Waals surface area contributed by atoms with E-state index in [0.717, 1.165) is 0 Å². The molecule has 1 aromatic rings. The molecule has 0 bridgehead atoms. The van der Waals surface area contributed by atoms with Gasteiger partial charge in [0, 0.05) is 11.1 Å². The Morgan fingerprint density at radius 2 is 2.18 bits per heavy atom. The molecule has 1 aliphatic heterocycles. The normalized spacial score (nSPS) is 22.6. The van der Waals surface area contributed by atoms with E-state index < -0.39 is 11.9 Å². The van der Waals surface area contributed by atoms with Gasteiger partial charge in [0.15, 0.2) is 11.9 Å². The molecule has 1 aromatic carbocycles. The molecular weight excluding hydrogens is 221 g/mol. The quantitative estimate of drug-likeness (QED) is 0.805. The van der Waals surface area contributed by atoms with E-state index in [1.165, 1.54) is 6.07 Å². The van der Waals surface area contributed by atoms with Gasteiger partial charge in [-0.1, -0.05) is 24.3 Å². The van der Waals surface area contributed by atoms with Crippen molar-refractivity contribution in [2.45, 2.75) is 12.5 Å². The van der Waals surface area contributed by atoms with Crippen molar-refractivity contribution in [2.75, 3.05) is 0 Å². The number of carbonyl (C=O) groups is 1. The van der Waals surface area contributed by atoms with Crippen LogP contribution in [-0.2, 0) is 9.63 Å². The molecular formula is C13H10FNO2. The smallest absolute Gasteiger partial charge is 0.197 e. The molecule has 1 N–H and O–H groups in total. The number of Topliss-reactive ketones (excluding diaryl/α,β-unsaturated/α-hetero) is 1. The molecule has 1 aliphatic carbocycles. The summed E-state index contributed by atoms with van der Waals surface area (Å²) in [5.41, 5.74) is 4.30. The van der Waals surface area contributed by atoms with Gasteiger partial charge >= 0.3 is 0 Å². The van der Waals surface area contributed by atoms with Crippen molar-refractivity contribution in [3.05, 3.63) is 59.1 Å². The van der Waals surface area contributed by atoms with Crippen LogP contribution in [0.1, 0.15) is 18.1 Å². The van der Waals surface area contributed by atoms with E-state index in [1.807, 2.05) is 6.08 Å². The van der Waals surface area contributed by atoms with Crippen molar-refractivity contribution in [3.8, 4) is 0 Å². The van der Waals surface area contributed by atoms with Crippen molar-refractivity contribution in [1.82, 2.24) is 5.48 Å². The molecule has 0 saturated heterocycles. The molecule has 0 amide bonds. The summed E-state index contributed by atoms with van der Waals surface area (Å²) in [5, 5.41) is 0. The first-order chi connectivity index (χ1) is 8.27. The SMILES string of the molecule is O=C1C2=C(C=CC2)NOC1c1ccccc1F. The molecule has 3 nitrogen and oxygen atoms in total. The van der Waals surface area contributed by atoms with Gasteiger partial charge < -0.3 is 0 Å². The van der Waals surface area contributed by atoms with Crippen LogP contribution in [-0.4, -0.2) is 5.78 Å². The number of allylic oxidation sites excluding steroid dienone is 2. The van der Waals surface area contributed by atoms with E-state index in [0.29, 0.717) is 17.7 Å². The Morgan fingerprint density at radius 3 is 3.00 bits per heavy atom. The summed E-state index contributed by atoms with van der Waals surface area (Å²) in [6, 6.07) is 6.16. The second-order valence-corrected chi connectivity index (χ2v) is 3.98. The highest BCUT2D eigenvalue weighted by Crippen LogP contribution is 2.32. The van der Waals surface area contributed by atoms with Crippen LogP contribution in [0.15, 0.2) is 47.7 Å². The van der Waals surface area contributed by atoms with Gasteiger partial charge in [-0.25, -0.2) is 4.39 Å². The first-order valence-electron chi connectivity index (χ1n) is 5.37. The molecule has 2 aliphatic rings. The Kier molecular flexibility index (Phi) is 2.30. The molecule has 0 fully saturated rings. The summed E-state index contributed by atoms with van der Waals surface area (Å²) in [6.45, 7) is 0. The largest absolute Gasteiger partial charge is 0.291 e. The van der Waals surface area contributed by atoms with Crippen molar-refractivity contribution >= 4 is 5.78 Å². The molecule has 0 saturated carbocycles. The molecule has 1 unspecified atom stereocenters. The van der Waals surface area contributed by atoms with Crippen LogP contribution in [0.3, 0.4) is 0 Å². The monoisotopic (exact) mass is 231 g/mol. The summed E-state index contributed by atoms with van der Waals surface area (Å²) in [7, 11) is 0. The zero-order valence-electron chi connectivity index (χ0n) is 8.94. The van der Waals surface area contributed by atoms with Gasteiger partial charge in [0.05, 0.1) is 5.70 Å². The Hall–Kier alpha value is -1.94. The van der Waals surface area contributed by atoms with Crippen molar-refractivity contribution in [2.24, 2.45) is 0 Å². The number of benzene rings is 1. The second kappa shape index (κ2) is 3.82. The maximum Gasteiger partial charge on any atom is 0.197 e. The highest BCUT2D eigenvalue weighted by atomic mass is 19.1. The Balaban J connectivity index is 1.98. The fourth-order valence-corrected chi connectivity index (χ4v) is 2.06. The van der Waals surface area contributed by atoms with Crippen LogP contribution in [0.2, 0.25) is 0 Å². The van der Waals surface area contributed by atoms with E-state index in [4.69, 9.17) is 4.84 Å². The number of hydrogen-bond acceptors (Lipinski definition) is 3. The fraction of sp³-hybridized carbons (Fsp3) is 0.154. The van der Waals surface area contributed by atoms with Crippen LogP contribution >= 0.6 is 0 Å². The number of halogens is 1. The van der Waals surface area contributed by atoms with Crippen LogP contribution in [0.25, 0.3) is 0 Å². The van der Waals surface area contributed by atoms with E-state index in [-0.39, 0.29) is 11.3 Å². The third kappa shape index (κ3) is 1.57. The van der Waals surface area contributed by atoms with Gasteiger partial charge in [-0.3, -0.25) is 15.1 Å². The molecule has 1 atom stereocenters. The third-order valence-corrected chi connectivity index (χ3v) is 2.94. The first kappa shape index (κ1) is 10.2. The maximum atomic E-state index is 13.6. The fourth-order valence-electron chi connectivity index (χ4n) is 2.06. The van der Waals surface area contributed by atoms with Gasteiger partial charge in [-0.2, -0.15) is 0 Å². The van der Waals surface area contributed by atoms with Gasteiger partial charge in [0.2, 0.25) is 0 Å². The van der Waals surface area contributed by atoms with E-state index in [9.17, 15) is 9.18 Å². The number of ketones is 1. The molecule has 0 spiro atoms. The van der Waals surface area contributed by atoms with E-state index in [2.05, 4.69) is 5.48 Å². The van der Waals surface area contributed by atoms with Crippen LogP contribution in [0.5, 0.6) is 0 Å². The zero-order chi connectivity index (χ0) is 11.8. The Labute approximate surface area is 97.5 Å². The van der Waals surface area contributed by atoms with Crippen LogP contribution < -0.4 is 5.48 Å². The highest BCUT2D eigenvalue weighted by Gasteiger charge is 2.33. The molecule has 3 rings (SSSR count). The van der Waals surface area contributed by atoms with Crippen LogP contribution in [0, 0.1) is 5.82 Å². The number of rotatable bonds is 1. The molecule has 0 radical (unpaired) electrons. The lowest BCUT2D eigenvalue weighted by atomic mass is 9.97. The summed E-state index contributed by atoms with van der Waals surface area (Å²) >= 11 is 0. The lowest BCUT2D eigenvalue weighted by molar-refractivity contribution is -0.134. The maximum absolute atomic E-state index is 13.6. The Morgan fingerprint density at radius 1 is 1.35 bits per heavy atom. The van der Waals surface area contributed by atoms with E-state index in [1.54, 1.807) is 24.3 Å². The lowest BCUT2D eigenvalue weighted by Crippen LogP contribution is -2.31. The Bertz CT molecular complexity index is 548. The summed E-state index contributed by atoms with van der Waals surface area (Å²) in [4.78, 5) is 17.4. The second-order valence-electron chi connectivity index (χ2n) is 3.98. The lowest BCUT2D eigenvalue weighted by Gasteiger charge is -2.24. The average molecular weight is 231 g/mol. The van der Waals surface area contributed by atoms with Gasteiger partial charge in [-0.15, -0.1) is 0 Å². The molecule has 1 heterocycles. The third-order valence-electron chi connectivity index (χ3n) is 2.94. The zero-order valence-corrected chi connectivity index (χ0v) is 8.94. The average Bonchev–Trinajstić information content (AvgIpc) is 2.80. The van der Waals surface area contributed by atoms with Crippen molar-refractivity contribution in [3.63, 3.8) is 0 Å². The topological polar surface area (TPSA) is 38.3 Å². The number of hydrogen-bond donors (Lipinski definition) is 1. The molecule has 0 aromatic heterocycles. The molecule has 4 heteroatoms. The number of carbonyl (C=O) groups excluding carboxylic acids is 1. The summed E-state index contributed by atoms with van der Waals surface area (Å²) in [6.07, 6.45) is 3.36. The van der Waals surface area contributed by atoms with Crippen molar-refractivity contribution in [1.29, 1.82) is 0 Å². The summed E-state index contributed by atoms with van der Waals surface area (Å²) in [5.74, 6) is -0.600. The minimum atomic E-state index is -0.894. The standard InChI is InChI=1S/C13H10FNO2/c14-10-6-2-1-4-8(10)13-12(16)9-5-3-7-11(9)15-17-13/h1-4,6-7,13,15H,5H2. The van der Waals surface area contributed by atoms with Crippen molar-refractivity contribution < 1.29 is 14.0 Å². The minimum absolute atomic E-state index is 0.172. The predicted octanol–water partition coefficient (Wildman–Crippen LogP) is 2.18. The minimum Gasteiger partial charge on any atom is -0.291 e. The molecule has 17 heavy (non-hydrogen) atoms. The molecule has 86 valence electrons. The predicted molar refractivity (Wildman–Crippen MR) is 59.2 cm³/mol. The number of hydroxylamine groups is 1. The first-order valence-corrected chi connectivity index (χ1v) is 5.37.